The van der Waals surface area contributed by atoms with E-state index in [1.165, 1.54) is 19.3 Å². The summed E-state index contributed by atoms with van der Waals surface area (Å²) in [5.74, 6) is 0. The van der Waals surface area contributed by atoms with Crippen LogP contribution >= 0.6 is 0 Å². The topological polar surface area (TPSA) is 53.5 Å². The molecular formula is C8H22N2O+2. The van der Waals surface area contributed by atoms with Gasteiger partial charge in [-0.15, -0.1) is 0 Å². The number of hydrogen-bond donors (Lipinski definition) is 2. The third-order valence-electron chi connectivity index (χ3n) is 1.56. The van der Waals surface area contributed by atoms with Crippen LogP contribution in [0.5, 0.6) is 0 Å². The number of nitrogens with two attached hydrogens (primary N) is 1. The second kappa shape index (κ2) is 9.88. The van der Waals surface area contributed by atoms with E-state index in [4.69, 9.17) is 4.74 Å². The van der Waals surface area contributed by atoms with Crippen LogP contribution < -0.4 is 11.1 Å². The van der Waals surface area contributed by atoms with Gasteiger partial charge in [-0.3, -0.25) is 0 Å². The molecule has 1 rings (SSSR count). The molecule has 0 radical (unpaired) electrons. The quantitative estimate of drug-likeness (QED) is 0.512. The average Bonchev–Trinajstić information content (AvgIpc) is 2.57. The predicted octanol–water partition coefficient (Wildman–Crippen LogP) is -1.04. The lowest BCUT2D eigenvalue weighted by Crippen LogP contribution is -2.81. The van der Waals surface area contributed by atoms with Gasteiger partial charge in [0.15, 0.2) is 6.73 Å². The van der Waals surface area contributed by atoms with Crippen molar-refractivity contribution in [1.82, 2.24) is 0 Å². The highest BCUT2D eigenvalue weighted by Gasteiger charge is 1.96. The van der Waals surface area contributed by atoms with Gasteiger partial charge in [0.25, 0.3) is 0 Å². The molecule has 68 valence electrons. The number of hydrogen-bond acceptors (Lipinski definition) is 1. The Kier molecular flexibility index (Phi) is 9.77. The summed E-state index contributed by atoms with van der Waals surface area (Å²) in [5.41, 5.74) is 3.72. The Morgan fingerprint density at radius 3 is 2.45 bits per heavy atom. The minimum absolute atomic E-state index is 0.875. The Morgan fingerprint density at radius 1 is 1.45 bits per heavy atom. The van der Waals surface area contributed by atoms with Crippen molar-refractivity contribution in [1.29, 1.82) is 0 Å². The van der Waals surface area contributed by atoms with E-state index in [1.807, 2.05) is 0 Å². The third kappa shape index (κ3) is 9.88. The fraction of sp³-hybridized carbons (Fsp3) is 1.00. The zero-order valence-electron chi connectivity index (χ0n) is 7.64. The summed E-state index contributed by atoms with van der Waals surface area (Å²) in [7, 11) is 0. The van der Waals surface area contributed by atoms with E-state index < -0.39 is 0 Å². The van der Waals surface area contributed by atoms with Crippen LogP contribution in [0.4, 0.5) is 0 Å². The van der Waals surface area contributed by atoms with Gasteiger partial charge in [0, 0.05) is 0 Å². The van der Waals surface area contributed by atoms with Crippen LogP contribution in [0.25, 0.3) is 0 Å². The SMILES string of the molecule is C1COC[NH2+]1.CCCCC[NH3+]. The zero-order valence-corrected chi connectivity index (χ0v) is 7.64. The monoisotopic (exact) mass is 162 g/mol. The average molecular weight is 162 g/mol. The summed E-state index contributed by atoms with van der Waals surface area (Å²) < 4.78 is 4.89. The summed E-state index contributed by atoms with van der Waals surface area (Å²) in [6.07, 6.45) is 3.97. The lowest BCUT2D eigenvalue weighted by molar-refractivity contribution is -0.650. The molecule has 3 nitrogen and oxygen atoms in total. The molecule has 3 heteroatoms. The van der Waals surface area contributed by atoms with Gasteiger partial charge in [-0.1, -0.05) is 13.3 Å². The lowest BCUT2D eigenvalue weighted by Gasteiger charge is -1.84. The van der Waals surface area contributed by atoms with E-state index in [1.54, 1.807) is 0 Å². The van der Waals surface area contributed by atoms with Gasteiger partial charge in [-0.2, -0.15) is 0 Å². The molecular weight excluding hydrogens is 140 g/mol. The van der Waals surface area contributed by atoms with E-state index >= 15 is 0 Å². The van der Waals surface area contributed by atoms with Gasteiger partial charge < -0.3 is 15.8 Å². The predicted molar refractivity (Wildman–Crippen MR) is 44.9 cm³/mol. The number of quaternary nitrogens is 2. The zero-order chi connectivity index (χ0) is 8.36. The molecule has 0 saturated carbocycles. The third-order valence-corrected chi connectivity index (χ3v) is 1.56. The highest BCUT2D eigenvalue weighted by Crippen LogP contribution is 1.87. The maximum Gasteiger partial charge on any atom is 0.180 e. The van der Waals surface area contributed by atoms with Gasteiger partial charge in [-0.05, 0) is 12.8 Å². The molecule has 0 aliphatic carbocycles. The van der Waals surface area contributed by atoms with Crippen molar-refractivity contribution < 1.29 is 15.8 Å². The molecule has 11 heavy (non-hydrogen) atoms. The first-order valence-electron chi connectivity index (χ1n) is 4.60. The number of ether oxygens (including phenoxy) is 1. The summed E-state index contributed by atoms with van der Waals surface area (Å²) in [4.78, 5) is 0. The molecule has 0 aromatic rings. The van der Waals surface area contributed by atoms with Crippen LogP contribution in [-0.2, 0) is 4.74 Å². The van der Waals surface area contributed by atoms with Gasteiger partial charge in [0.2, 0.25) is 0 Å². The van der Waals surface area contributed by atoms with Gasteiger partial charge >= 0.3 is 0 Å². The van der Waals surface area contributed by atoms with Crippen LogP contribution in [0, 0.1) is 0 Å². The molecule has 0 amide bonds. The second-order valence-electron chi connectivity index (χ2n) is 2.71. The Hall–Kier alpha value is -0.120. The summed E-state index contributed by atoms with van der Waals surface area (Å²) in [6, 6.07) is 0. The van der Waals surface area contributed by atoms with Crippen molar-refractivity contribution >= 4 is 0 Å². The van der Waals surface area contributed by atoms with E-state index in [9.17, 15) is 0 Å². The molecule has 5 N–H and O–H groups in total. The van der Waals surface area contributed by atoms with Crippen molar-refractivity contribution in [2.45, 2.75) is 26.2 Å². The fourth-order valence-electron chi connectivity index (χ4n) is 0.843. The molecule has 1 fully saturated rings. The van der Waals surface area contributed by atoms with Crippen molar-refractivity contribution in [2.24, 2.45) is 0 Å². The Morgan fingerprint density at radius 2 is 2.27 bits per heavy atom. The van der Waals surface area contributed by atoms with E-state index in [-0.39, 0.29) is 0 Å². The number of unbranched alkanes of at least 4 members (excludes halogenated alkanes) is 2. The van der Waals surface area contributed by atoms with Gasteiger partial charge in [0.1, 0.15) is 13.2 Å². The molecule has 1 aliphatic heterocycles. The van der Waals surface area contributed by atoms with Crippen molar-refractivity contribution in [3.8, 4) is 0 Å². The minimum atomic E-state index is 0.875. The molecule has 0 unspecified atom stereocenters. The smallest absolute Gasteiger partial charge is 0.180 e. The second-order valence-corrected chi connectivity index (χ2v) is 2.71. The Bertz CT molecular complexity index is 53.5. The van der Waals surface area contributed by atoms with E-state index in [0.29, 0.717) is 0 Å². The van der Waals surface area contributed by atoms with E-state index in [0.717, 1.165) is 26.4 Å². The van der Waals surface area contributed by atoms with Crippen molar-refractivity contribution in [3.05, 3.63) is 0 Å². The maximum absolute atomic E-state index is 4.89. The molecule has 0 atom stereocenters. The van der Waals surface area contributed by atoms with E-state index in [2.05, 4.69) is 18.0 Å². The molecule has 0 bridgehead atoms. The largest absolute Gasteiger partial charge is 0.358 e. The van der Waals surface area contributed by atoms with Crippen LogP contribution in [0.3, 0.4) is 0 Å². The first-order valence-corrected chi connectivity index (χ1v) is 4.60. The molecule has 0 aromatic heterocycles. The summed E-state index contributed by atoms with van der Waals surface area (Å²) >= 11 is 0. The van der Waals surface area contributed by atoms with Crippen molar-refractivity contribution in [3.63, 3.8) is 0 Å². The minimum Gasteiger partial charge on any atom is -0.358 e. The Balaban J connectivity index is 0.000000183. The van der Waals surface area contributed by atoms with Crippen LogP contribution in [-0.4, -0.2) is 26.4 Å². The fourth-order valence-corrected chi connectivity index (χ4v) is 0.843. The van der Waals surface area contributed by atoms with Gasteiger partial charge in [0.05, 0.1) is 6.54 Å². The van der Waals surface area contributed by atoms with Crippen molar-refractivity contribution in [2.75, 3.05) is 26.4 Å². The highest BCUT2D eigenvalue weighted by atomic mass is 16.5. The molecule has 1 saturated heterocycles. The first kappa shape index (κ1) is 10.9. The first-order chi connectivity index (χ1) is 5.41. The molecule has 1 aliphatic rings. The maximum atomic E-state index is 4.89. The Labute approximate surface area is 69.3 Å². The number of rotatable bonds is 3. The standard InChI is InChI=1S/C5H13N.C3H7NO/c1-2-3-4-5-6;1-2-5-3-4-1/h2-6H2,1H3;4H,1-3H2/p+2. The van der Waals surface area contributed by atoms with Crippen LogP contribution in [0.15, 0.2) is 0 Å². The molecule has 0 spiro atoms. The molecule has 0 aromatic carbocycles. The van der Waals surface area contributed by atoms with Crippen LogP contribution in [0.2, 0.25) is 0 Å². The summed E-state index contributed by atoms with van der Waals surface area (Å²) in [5, 5.41) is 2.14. The molecule has 1 heterocycles. The van der Waals surface area contributed by atoms with Crippen LogP contribution in [0.1, 0.15) is 26.2 Å². The lowest BCUT2D eigenvalue weighted by atomic mass is 10.3. The normalized spacial score (nSPS) is 15.8. The van der Waals surface area contributed by atoms with Gasteiger partial charge in [-0.25, -0.2) is 0 Å². The summed E-state index contributed by atoms with van der Waals surface area (Å²) in [6.45, 7) is 6.28. The highest BCUT2D eigenvalue weighted by molar-refractivity contribution is 4.29.